The van der Waals surface area contributed by atoms with Crippen LogP contribution in [0.4, 0.5) is 13.2 Å². The molecule has 1 aromatic carbocycles. The molecule has 5 heteroatoms. The minimum Gasteiger partial charge on any atom is -0.406 e. The molecule has 0 amide bonds. The maximum absolute atomic E-state index is 12.0. The lowest BCUT2D eigenvalue weighted by atomic mass is 10.2. The molecule has 1 saturated carbocycles. The van der Waals surface area contributed by atoms with Gasteiger partial charge in [0.15, 0.2) is 0 Å². The Labute approximate surface area is 104 Å². The summed E-state index contributed by atoms with van der Waals surface area (Å²) >= 11 is 0. The van der Waals surface area contributed by atoms with E-state index in [2.05, 4.69) is 17.0 Å². The first-order valence-corrected chi connectivity index (χ1v) is 6.06. The van der Waals surface area contributed by atoms with Gasteiger partial charge in [-0.2, -0.15) is 0 Å². The van der Waals surface area contributed by atoms with Gasteiger partial charge in [-0.25, -0.2) is 0 Å². The van der Waals surface area contributed by atoms with Crippen molar-refractivity contribution in [1.29, 1.82) is 0 Å². The predicted octanol–water partition coefficient (Wildman–Crippen LogP) is 3.47. The molecular formula is C13H16F3NO. The second kappa shape index (κ2) is 5.18. The first-order chi connectivity index (χ1) is 8.48. The lowest BCUT2D eigenvalue weighted by Gasteiger charge is -2.09. The number of alkyl halides is 3. The van der Waals surface area contributed by atoms with E-state index in [1.54, 1.807) is 12.1 Å². The van der Waals surface area contributed by atoms with Gasteiger partial charge in [-0.15, -0.1) is 13.2 Å². The van der Waals surface area contributed by atoms with Gasteiger partial charge < -0.3 is 10.1 Å². The molecule has 1 N–H and O–H groups in total. The summed E-state index contributed by atoms with van der Waals surface area (Å²) in [4.78, 5) is 0. The van der Waals surface area contributed by atoms with Gasteiger partial charge in [-0.05, 0) is 30.0 Å². The third kappa shape index (κ3) is 3.91. The van der Waals surface area contributed by atoms with Crippen molar-refractivity contribution in [2.24, 2.45) is 5.92 Å². The first-order valence-electron chi connectivity index (χ1n) is 6.06. The molecular weight excluding hydrogens is 243 g/mol. The number of nitrogens with one attached hydrogen (secondary N) is 1. The van der Waals surface area contributed by atoms with Gasteiger partial charge >= 0.3 is 6.36 Å². The molecule has 18 heavy (non-hydrogen) atoms. The molecule has 2 atom stereocenters. The number of hydrogen-bond acceptors (Lipinski definition) is 2. The SMILES string of the molecule is CCC1CC1NCc1ccc(OC(F)(F)F)cc1. The van der Waals surface area contributed by atoms with Crippen LogP contribution in [0.1, 0.15) is 25.3 Å². The van der Waals surface area contributed by atoms with Gasteiger partial charge in [-0.3, -0.25) is 0 Å². The average Bonchev–Trinajstić information content (AvgIpc) is 3.05. The fraction of sp³-hybridized carbons (Fsp3) is 0.538. The van der Waals surface area contributed by atoms with Crippen molar-refractivity contribution in [3.63, 3.8) is 0 Å². The first kappa shape index (κ1) is 13.2. The number of hydrogen-bond donors (Lipinski definition) is 1. The van der Waals surface area contributed by atoms with Crippen LogP contribution >= 0.6 is 0 Å². The van der Waals surface area contributed by atoms with Crippen molar-refractivity contribution in [3.8, 4) is 5.75 Å². The molecule has 1 fully saturated rings. The van der Waals surface area contributed by atoms with E-state index in [0.717, 1.165) is 11.5 Å². The highest BCUT2D eigenvalue weighted by Crippen LogP contribution is 2.33. The highest BCUT2D eigenvalue weighted by molar-refractivity contribution is 5.27. The molecule has 1 aliphatic carbocycles. The number of ether oxygens (including phenoxy) is 1. The normalized spacial score (nSPS) is 22.9. The maximum Gasteiger partial charge on any atom is 0.573 e. The Bertz CT molecular complexity index is 388. The smallest absolute Gasteiger partial charge is 0.406 e. The average molecular weight is 259 g/mol. The molecule has 0 aliphatic heterocycles. The Morgan fingerprint density at radius 3 is 2.44 bits per heavy atom. The van der Waals surface area contributed by atoms with E-state index in [1.807, 2.05) is 0 Å². The molecule has 1 aliphatic rings. The second-order valence-corrected chi connectivity index (χ2v) is 4.58. The fourth-order valence-electron chi connectivity index (χ4n) is 2.01. The number of rotatable bonds is 5. The van der Waals surface area contributed by atoms with E-state index in [0.29, 0.717) is 12.6 Å². The van der Waals surface area contributed by atoms with Crippen LogP contribution in [0.15, 0.2) is 24.3 Å². The molecule has 0 aromatic heterocycles. The van der Waals surface area contributed by atoms with Crippen molar-refractivity contribution < 1.29 is 17.9 Å². The molecule has 1 aromatic rings. The van der Waals surface area contributed by atoms with E-state index in [4.69, 9.17) is 0 Å². The zero-order valence-electron chi connectivity index (χ0n) is 10.1. The van der Waals surface area contributed by atoms with Gasteiger partial charge in [0.05, 0.1) is 0 Å². The largest absolute Gasteiger partial charge is 0.573 e. The van der Waals surface area contributed by atoms with E-state index in [-0.39, 0.29) is 5.75 Å². The van der Waals surface area contributed by atoms with Crippen LogP contribution in [-0.2, 0) is 6.54 Å². The monoisotopic (exact) mass is 259 g/mol. The maximum atomic E-state index is 12.0. The van der Waals surface area contributed by atoms with Gasteiger partial charge in [0.25, 0.3) is 0 Å². The van der Waals surface area contributed by atoms with Gasteiger partial charge in [0.2, 0.25) is 0 Å². The van der Waals surface area contributed by atoms with Crippen LogP contribution in [0.25, 0.3) is 0 Å². The van der Waals surface area contributed by atoms with E-state index in [1.165, 1.54) is 25.0 Å². The Kier molecular flexibility index (Phi) is 3.80. The van der Waals surface area contributed by atoms with Crippen LogP contribution in [-0.4, -0.2) is 12.4 Å². The lowest BCUT2D eigenvalue weighted by Crippen LogP contribution is -2.18. The zero-order valence-corrected chi connectivity index (χ0v) is 10.1. The van der Waals surface area contributed by atoms with Crippen LogP contribution in [0.5, 0.6) is 5.75 Å². The Hall–Kier alpha value is -1.23. The number of halogens is 3. The van der Waals surface area contributed by atoms with Crippen molar-refractivity contribution in [3.05, 3.63) is 29.8 Å². The van der Waals surface area contributed by atoms with Crippen molar-refractivity contribution in [2.45, 2.75) is 38.7 Å². The molecule has 0 heterocycles. The van der Waals surface area contributed by atoms with Crippen LogP contribution in [0.2, 0.25) is 0 Å². The summed E-state index contributed by atoms with van der Waals surface area (Å²) < 4.78 is 39.7. The van der Waals surface area contributed by atoms with Crippen LogP contribution in [0.3, 0.4) is 0 Å². The highest BCUT2D eigenvalue weighted by atomic mass is 19.4. The molecule has 0 bridgehead atoms. The summed E-state index contributed by atoms with van der Waals surface area (Å²) in [5.41, 5.74) is 0.964. The summed E-state index contributed by atoms with van der Waals surface area (Å²) in [7, 11) is 0. The summed E-state index contributed by atoms with van der Waals surface area (Å²) in [5.74, 6) is 0.585. The van der Waals surface area contributed by atoms with Crippen molar-refractivity contribution >= 4 is 0 Å². The second-order valence-electron chi connectivity index (χ2n) is 4.58. The molecule has 2 rings (SSSR count). The summed E-state index contributed by atoms with van der Waals surface area (Å²) in [6.07, 6.45) is -2.25. The van der Waals surface area contributed by atoms with Crippen molar-refractivity contribution in [2.75, 3.05) is 0 Å². The molecule has 2 unspecified atom stereocenters. The lowest BCUT2D eigenvalue weighted by molar-refractivity contribution is -0.274. The molecule has 100 valence electrons. The van der Waals surface area contributed by atoms with Crippen LogP contribution in [0, 0.1) is 5.92 Å². The molecule has 0 spiro atoms. The van der Waals surface area contributed by atoms with E-state index >= 15 is 0 Å². The van der Waals surface area contributed by atoms with Crippen molar-refractivity contribution in [1.82, 2.24) is 5.32 Å². The molecule has 0 radical (unpaired) electrons. The Morgan fingerprint density at radius 2 is 1.94 bits per heavy atom. The summed E-state index contributed by atoms with van der Waals surface area (Å²) in [5, 5.41) is 3.38. The van der Waals surface area contributed by atoms with Gasteiger partial charge in [0, 0.05) is 12.6 Å². The fourth-order valence-corrected chi connectivity index (χ4v) is 2.01. The van der Waals surface area contributed by atoms with Gasteiger partial charge in [-0.1, -0.05) is 25.5 Å². The van der Waals surface area contributed by atoms with E-state index < -0.39 is 6.36 Å². The van der Waals surface area contributed by atoms with Gasteiger partial charge in [0.1, 0.15) is 5.75 Å². The third-order valence-corrected chi connectivity index (χ3v) is 3.17. The Morgan fingerprint density at radius 1 is 1.28 bits per heavy atom. The molecule has 0 saturated heterocycles. The zero-order chi connectivity index (χ0) is 13.2. The molecule has 2 nitrogen and oxygen atoms in total. The minimum absolute atomic E-state index is 0.177. The summed E-state index contributed by atoms with van der Waals surface area (Å²) in [6.45, 7) is 2.85. The topological polar surface area (TPSA) is 21.3 Å². The number of benzene rings is 1. The predicted molar refractivity (Wildman–Crippen MR) is 62.2 cm³/mol. The van der Waals surface area contributed by atoms with Crippen LogP contribution < -0.4 is 10.1 Å². The third-order valence-electron chi connectivity index (χ3n) is 3.17. The standard InChI is InChI=1S/C13H16F3NO/c1-2-10-7-12(10)17-8-9-3-5-11(6-4-9)18-13(14,15)16/h3-6,10,12,17H,2,7-8H2,1H3. The highest BCUT2D eigenvalue weighted by Gasteiger charge is 2.34. The Balaban J connectivity index is 1.81. The minimum atomic E-state index is -4.62. The quantitative estimate of drug-likeness (QED) is 0.874. The van der Waals surface area contributed by atoms with E-state index in [9.17, 15) is 13.2 Å². The summed E-state index contributed by atoms with van der Waals surface area (Å²) in [6, 6.07) is 6.55.